The second-order valence-electron chi connectivity index (χ2n) is 5.08. The van der Waals surface area contributed by atoms with Gasteiger partial charge >= 0.3 is 0 Å². The monoisotopic (exact) mass is 290 g/mol. The van der Waals surface area contributed by atoms with E-state index in [1.807, 2.05) is 51.1 Å². The summed E-state index contributed by atoms with van der Waals surface area (Å²) in [5.74, 6) is -0.0468. The van der Waals surface area contributed by atoms with Crippen LogP contribution in [0.3, 0.4) is 0 Å². The largest absolute Gasteiger partial charge is 0.354 e. The van der Waals surface area contributed by atoms with Crippen molar-refractivity contribution in [3.8, 4) is 0 Å². The summed E-state index contributed by atoms with van der Waals surface area (Å²) >= 11 is 0. The molecule has 116 valence electrons. The molecule has 0 aliphatic heterocycles. The van der Waals surface area contributed by atoms with Gasteiger partial charge < -0.3 is 10.2 Å². The topological polar surface area (TPSA) is 49.4 Å². The highest BCUT2D eigenvalue weighted by Crippen LogP contribution is 2.13. The maximum absolute atomic E-state index is 12.3. The fraction of sp³-hybridized carbons (Fsp3) is 0.529. The minimum absolute atomic E-state index is 0.0114. The molecule has 1 aromatic carbocycles. The third-order valence-corrected chi connectivity index (χ3v) is 3.43. The first-order valence-electron chi connectivity index (χ1n) is 7.75. The molecule has 1 rings (SSSR count). The lowest BCUT2D eigenvalue weighted by atomic mass is 10.1. The lowest BCUT2D eigenvalue weighted by molar-refractivity contribution is -0.141. The summed E-state index contributed by atoms with van der Waals surface area (Å²) in [7, 11) is 0. The second kappa shape index (κ2) is 9.16. The van der Waals surface area contributed by atoms with E-state index < -0.39 is 6.04 Å². The molecule has 0 fully saturated rings. The minimum atomic E-state index is -0.399. The summed E-state index contributed by atoms with van der Waals surface area (Å²) in [5.41, 5.74) is 1.04. The number of carbonyl (C=O) groups is 2. The maximum Gasteiger partial charge on any atom is 0.242 e. The van der Waals surface area contributed by atoms with Crippen LogP contribution in [0.1, 0.15) is 45.6 Å². The molecule has 0 aliphatic carbocycles. The number of hydrogen-bond donors (Lipinski definition) is 1. The first-order valence-corrected chi connectivity index (χ1v) is 7.75. The average Bonchev–Trinajstić information content (AvgIpc) is 2.52. The molecule has 0 aromatic heterocycles. The van der Waals surface area contributed by atoms with Crippen LogP contribution < -0.4 is 5.32 Å². The molecule has 0 spiro atoms. The number of benzene rings is 1. The molecule has 0 aliphatic rings. The van der Waals surface area contributed by atoms with E-state index in [0.29, 0.717) is 25.9 Å². The van der Waals surface area contributed by atoms with Crippen molar-refractivity contribution in [1.29, 1.82) is 0 Å². The van der Waals surface area contributed by atoms with Gasteiger partial charge in [0.25, 0.3) is 0 Å². The molecule has 1 N–H and O–H groups in total. The first kappa shape index (κ1) is 17.2. The fourth-order valence-corrected chi connectivity index (χ4v) is 2.27. The van der Waals surface area contributed by atoms with Gasteiger partial charge in [0, 0.05) is 19.5 Å². The number of carbonyl (C=O) groups excluding carboxylic acids is 2. The first-order chi connectivity index (χ1) is 10.1. The molecule has 4 nitrogen and oxygen atoms in total. The van der Waals surface area contributed by atoms with Crippen LogP contribution in [0, 0.1) is 0 Å². The Bertz CT molecular complexity index is 445. The van der Waals surface area contributed by atoms with Gasteiger partial charge in [-0.15, -0.1) is 0 Å². The number of rotatable bonds is 8. The van der Waals surface area contributed by atoms with E-state index in [0.717, 1.165) is 12.0 Å². The maximum atomic E-state index is 12.3. The molecule has 4 heteroatoms. The summed E-state index contributed by atoms with van der Waals surface area (Å²) in [6.07, 6.45) is 1.92. The van der Waals surface area contributed by atoms with Crippen LogP contribution in [-0.4, -0.2) is 29.3 Å². The van der Waals surface area contributed by atoms with E-state index in [1.165, 1.54) is 0 Å². The number of nitrogens with one attached hydrogen (secondary N) is 1. The Hall–Kier alpha value is -1.84. The van der Waals surface area contributed by atoms with Crippen molar-refractivity contribution >= 4 is 11.8 Å². The van der Waals surface area contributed by atoms with Crippen LogP contribution in [0.25, 0.3) is 0 Å². The van der Waals surface area contributed by atoms with Crippen molar-refractivity contribution in [3.63, 3.8) is 0 Å². The third-order valence-electron chi connectivity index (χ3n) is 3.43. The molecule has 0 bridgehead atoms. The van der Waals surface area contributed by atoms with Crippen molar-refractivity contribution < 1.29 is 9.59 Å². The summed E-state index contributed by atoms with van der Waals surface area (Å²) in [6.45, 7) is 6.91. The molecule has 21 heavy (non-hydrogen) atoms. The van der Waals surface area contributed by atoms with E-state index in [-0.39, 0.29) is 11.8 Å². The van der Waals surface area contributed by atoms with E-state index in [2.05, 4.69) is 5.32 Å². The Morgan fingerprint density at radius 3 is 2.33 bits per heavy atom. The Labute approximate surface area is 127 Å². The highest BCUT2D eigenvalue weighted by molar-refractivity contribution is 5.87. The van der Waals surface area contributed by atoms with Crippen molar-refractivity contribution in [2.24, 2.45) is 0 Å². The fourth-order valence-electron chi connectivity index (χ4n) is 2.27. The predicted octanol–water partition coefficient (Wildman–Crippen LogP) is 2.73. The normalized spacial score (nSPS) is 11.8. The van der Waals surface area contributed by atoms with Gasteiger partial charge in [0.15, 0.2) is 0 Å². The molecule has 0 saturated heterocycles. The van der Waals surface area contributed by atoms with Gasteiger partial charge in [-0.2, -0.15) is 0 Å². The van der Waals surface area contributed by atoms with Gasteiger partial charge in [0.1, 0.15) is 6.04 Å². The molecular formula is C17H26N2O2. The van der Waals surface area contributed by atoms with Crippen LogP contribution in [0.4, 0.5) is 0 Å². The zero-order chi connectivity index (χ0) is 15.7. The van der Waals surface area contributed by atoms with E-state index in [9.17, 15) is 9.59 Å². The zero-order valence-corrected chi connectivity index (χ0v) is 13.3. The smallest absolute Gasteiger partial charge is 0.242 e. The van der Waals surface area contributed by atoms with Crippen LogP contribution in [-0.2, 0) is 16.1 Å². The zero-order valence-electron chi connectivity index (χ0n) is 13.3. The molecule has 0 radical (unpaired) electrons. The predicted molar refractivity (Wildman–Crippen MR) is 84.7 cm³/mol. The van der Waals surface area contributed by atoms with Crippen LogP contribution in [0.2, 0.25) is 0 Å². The van der Waals surface area contributed by atoms with Crippen molar-refractivity contribution in [2.75, 3.05) is 6.54 Å². The summed E-state index contributed by atoms with van der Waals surface area (Å²) in [4.78, 5) is 26.2. The van der Waals surface area contributed by atoms with Crippen molar-refractivity contribution in [3.05, 3.63) is 35.9 Å². The van der Waals surface area contributed by atoms with E-state index >= 15 is 0 Å². The third kappa shape index (κ3) is 5.21. The highest BCUT2D eigenvalue weighted by Gasteiger charge is 2.27. The quantitative estimate of drug-likeness (QED) is 0.800. The molecule has 0 saturated carbocycles. The second-order valence-corrected chi connectivity index (χ2v) is 5.08. The van der Waals surface area contributed by atoms with E-state index in [1.54, 1.807) is 4.90 Å². The van der Waals surface area contributed by atoms with Gasteiger partial charge in [0.05, 0.1) is 0 Å². The van der Waals surface area contributed by atoms with Crippen LogP contribution >= 0.6 is 0 Å². The van der Waals surface area contributed by atoms with Gasteiger partial charge in [-0.25, -0.2) is 0 Å². The Kier molecular flexibility index (Phi) is 7.51. The van der Waals surface area contributed by atoms with Gasteiger partial charge in [-0.3, -0.25) is 9.59 Å². The van der Waals surface area contributed by atoms with Crippen molar-refractivity contribution in [2.45, 2.75) is 52.6 Å². The minimum Gasteiger partial charge on any atom is -0.354 e. The summed E-state index contributed by atoms with van der Waals surface area (Å²) in [6, 6.07) is 9.40. The molecule has 1 atom stereocenters. The van der Waals surface area contributed by atoms with Gasteiger partial charge in [-0.05, 0) is 18.4 Å². The van der Waals surface area contributed by atoms with Crippen LogP contribution in [0.15, 0.2) is 30.3 Å². The van der Waals surface area contributed by atoms with Gasteiger partial charge in [-0.1, -0.05) is 51.1 Å². The molecular weight excluding hydrogens is 264 g/mol. The van der Waals surface area contributed by atoms with Gasteiger partial charge in [0.2, 0.25) is 11.8 Å². The number of hydrogen-bond acceptors (Lipinski definition) is 2. The molecule has 1 aromatic rings. The average molecular weight is 290 g/mol. The lowest BCUT2D eigenvalue weighted by Gasteiger charge is -2.30. The van der Waals surface area contributed by atoms with Crippen LogP contribution in [0.5, 0.6) is 0 Å². The highest BCUT2D eigenvalue weighted by atomic mass is 16.2. The molecule has 1 unspecified atom stereocenters. The van der Waals surface area contributed by atoms with E-state index in [4.69, 9.17) is 0 Å². The Morgan fingerprint density at radius 1 is 1.14 bits per heavy atom. The summed E-state index contributed by atoms with van der Waals surface area (Å²) < 4.78 is 0. The standard InChI is InChI=1S/C17H26N2O2/c1-4-12-18-17(21)15(5-2)19(16(20)6-3)13-14-10-8-7-9-11-14/h7-11,15H,4-6,12-13H2,1-3H3,(H,18,21). The van der Waals surface area contributed by atoms with Crippen molar-refractivity contribution in [1.82, 2.24) is 10.2 Å². The number of amides is 2. The Balaban J connectivity index is 2.88. The Morgan fingerprint density at radius 2 is 1.81 bits per heavy atom. The SMILES string of the molecule is CCCNC(=O)C(CC)N(Cc1ccccc1)C(=O)CC. The molecule has 0 heterocycles. The molecule has 2 amide bonds. The number of nitrogens with zero attached hydrogens (tertiary/aromatic N) is 1. The summed E-state index contributed by atoms with van der Waals surface area (Å²) in [5, 5.41) is 2.90. The lowest BCUT2D eigenvalue weighted by Crippen LogP contribution is -2.49.